The molecule has 0 bridgehead atoms. The normalized spacial score (nSPS) is 11.7. The van der Waals surface area contributed by atoms with Crippen molar-refractivity contribution in [3.63, 3.8) is 0 Å². The molecule has 0 aliphatic carbocycles. The molecule has 6 nitrogen and oxygen atoms in total. The van der Waals surface area contributed by atoms with Gasteiger partial charge in [-0.25, -0.2) is 0 Å². The molecule has 1 aromatic heterocycles. The Bertz CT molecular complexity index is 859. The molecule has 1 heterocycles. The van der Waals surface area contributed by atoms with Crippen molar-refractivity contribution in [1.29, 1.82) is 0 Å². The number of rotatable bonds is 6. The summed E-state index contributed by atoms with van der Waals surface area (Å²) < 4.78 is 1.67. The second kappa shape index (κ2) is 7.44. The van der Waals surface area contributed by atoms with E-state index in [1.165, 1.54) is 6.20 Å². The number of primary amides is 1. The molecule has 0 spiro atoms. The van der Waals surface area contributed by atoms with Crippen LogP contribution in [0, 0.1) is 0 Å². The second-order valence-corrected chi connectivity index (χ2v) is 5.63. The molecule has 3 aromatic rings. The Balaban J connectivity index is 1.71. The first-order valence-electron chi connectivity index (χ1n) is 7.85. The molecule has 0 fully saturated rings. The Hall–Kier alpha value is -3.41. The molecule has 0 aliphatic rings. The number of nitrogens with zero attached hydrogens (tertiary/aromatic N) is 2. The van der Waals surface area contributed by atoms with Crippen LogP contribution in [0.5, 0.6) is 0 Å². The zero-order valence-electron chi connectivity index (χ0n) is 13.5. The molecule has 3 rings (SSSR count). The monoisotopic (exact) mass is 334 g/mol. The van der Waals surface area contributed by atoms with Crippen molar-refractivity contribution in [1.82, 2.24) is 15.1 Å². The molecular formula is C19H18N4O2. The predicted octanol–water partition coefficient (Wildman–Crippen LogP) is 1.89. The largest absolute Gasteiger partial charge is 0.368 e. The van der Waals surface area contributed by atoms with Gasteiger partial charge in [-0.3, -0.25) is 14.3 Å². The maximum Gasteiger partial charge on any atom is 0.255 e. The van der Waals surface area contributed by atoms with Gasteiger partial charge in [-0.1, -0.05) is 60.7 Å². The van der Waals surface area contributed by atoms with Crippen LogP contribution >= 0.6 is 0 Å². The third-order valence-corrected chi connectivity index (χ3v) is 3.78. The Labute approximate surface area is 145 Å². The van der Waals surface area contributed by atoms with Gasteiger partial charge in [0.05, 0.1) is 18.3 Å². The number of hydrogen-bond acceptors (Lipinski definition) is 3. The van der Waals surface area contributed by atoms with E-state index in [-0.39, 0.29) is 0 Å². The van der Waals surface area contributed by atoms with E-state index in [1.807, 2.05) is 36.4 Å². The molecule has 1 atom stereocenters. The standard InChI is InChI=1S/C19H18N4O2/c20-18(24)17(15-9-5-2-6-10-15)22-19(25)16-11-21-23(13-16)12-14-7-3-1-4-8-14/h1-11,13,17H,12H2,(H2,20,24)(H,22,25)/t17-/m1/s1. The summed E-state index contributed by atoms with van der Waals surface area (Å²) in [6.45, 7) is 0.562. The molecule has 2 amide bonds. The molecule has 0 unspecified atom stereocenters. The second-order valence-electron chi connectivity index (χ2n) is 5.63. The lowest BCUT2D eigenvalue weighted by Crippen LogP contribution is -2.37. The number of carbonyl (C=O) groups is 2. The number of hydrogen-bond donors (Lipinski definition) is 2. The van der Waals surface area contributed by atoms with E-state index in [2.05, 4.69) is 10.4 Å². The van der Waals surface area contributed by atoms with Gasteiger partial charge in [0.2, 0.25) is 5.91 Å². The number of nitrogens with two attached hydrogens (primary N) is 1. The van der Waals surface area contributed by atoms with E-state index in [4.69, 9.17) is 5.73 Å². The number of nitrogens with one attached hydrogen (secondary N) is 1. The molecule has 0 radical (unpaired) electrons. The minimum absolute atomic E-state index is 0.373. The number of carbonyl (C=O) groups excluding carboxylic acids is 2. The van der Waals surface area contributed by atoms with Crippen molar-refractivity contribution in [2.45, 2.75) is 12.6 Å². The van der Waals surface area contributed by atoms with E-state index < -0.39 is 17.9 Å². The molecule has 0 saturated heterocycles. The van der Waals surface area contributed by atoms with Crippen LogP contribution in [0.1, 0.15) is 27.5 Å². The van der Waals surface area contributed by atoms with Crippen LogP contribution in [-0.4, -0.2) is 21.6 Å². The van der Waals surface area contributed by atoms with Crippen LogP contribution in [0.3, 0.4) is 0 Å². The van der Waals surface area contributed by atoms with Crippen molar-refractivity contribution in [2.75, 3.05) is 0 Å². The third-order valence-electron chi connectivity index (χ3n) is 3.78. The average Bonchev–Trinajstić information content (AvgIpc) is 3.09. The van der Waals surface area contributed by atoms with Gasteiger partial charge in [0.1, 0.15) is 6.04 Å². The summed E-state index contributed by atoms with van der Waals surface area (Å²) in [5, 5.41) is 6.86. The van der Waals surface area contributed by atoms with Crippen LogP contribution in [0.4, 0.5) is 0 Å². The van der Waals surface area contributed by atoms with E-state index >= 15 is 0 Å². The van der Waals surface area contributed by atoms with Gasteiger partial charge in [-0.05, 0) is 11.1 Å². The first-order chi connectivity index (χ1) is 12.1. The highest BCUT2D eigenvalue weighted by Gasteiger charge is 2.21. The highest BCUT2D eigenvalue weighted by atomic mass is 16.2. The molecule has 2 aromatic carbocycles. The fraction of sp³-hybridized carbons (Fsp3) is 0.105. The van der Waals surface area contributed by atoms with E-state index in [1.54, 1.807) is 35.1 Å². The summed E-state index contributed by atoms with van der Waals surface area (Å²) in [4.78, 5) is 24.1. The smallest absolute Gasteiger partial charge is 0.255 e. The summed E-state index contributed by atoms with van der Waals surface area (Å²) in [6.07, 6.45) is 3.12. The first kappa shape index (κ1) is 16.4. The topological polar surface area (TPSA) is 90.0 Å². The summed E-state index contributed by atoms with van der Waals surface area (Å²) in [5.41, 5.74) is 7.52. The summed E-state index contributed by atoms with van der Waals surface area (Å²) in [5.74, 6) is -1.01. The van der Waals surface area contributed by atoms with Crippen LogP contribution in [-0.2, 0) is 11.3 Å². The zero-order valence-corrected chi connectivity index (χ0v) is 13.5. The Morgan fingerprint density at radius 1 is 1.04 bits per heavy atom. The summed E-state index contributed by atoms with van der Waals surface area (Å²) >= 11 is 0. The van der Waals surface area contributed by atoms with Gasteiger partial charge in [0.15, 0.2) is 0 Å². The van der Waals surface area contributed by atoms with Crippen LogP contribution in [0.2, 0.25) is 0 Å². The first-order valence-corrected chi connectivity index (χ1v) is 7.85. The molecule has 25 heavy (non-hydrogen) atoms. The summed E-state index contributed by atoms with van der Waals surface area (Å²) in [6, 6.07) is 17.8. The molecule has 0 saturated carbocycles. The molecule has 3 N–H and O–H groups in total. The van der Waals surface area contributed by atoms with Crippen LogP contribution in [0.25, 0.3) is 0 Å². The third kappa shape index (κ3) is 4.11. The highest BCUT2D eigenvalue weighted by Crippen LogP contribution is 2.13. The van der Waals surface area contributed by atoms with Gasteiger partial charge in [0.25, 0.3) is 5.91 Å². The Morgan fingerprint density at radius 2 is 1.68 bits per heavy atom. The predicted molar refractivity (Wildman–Crippen MR) is 93.6 cm³/mol. The van der Waals surface area contributed by atoms with Gasteiger partial charge in [0, 0.05) is 6.20 Å². The maximum atomic E-state index is 12.4. The van der Waals surface area contributed by atoms with Gasteiger partial charge in [-0.15, -0.1) is 0 Å². The van der Waals surface area contributed by atoms with Crippen molar-refractivity contribution < 1.29 is 9.59 Å². The Kier molecular flexibility index (Phi) is 4.89. The van der Waals surface area contributed by atoms with Gasteiger partial charge >= 0.3 is 0 Å². The quantitative estimate of drug-likeness (QED) is 0.721. The van der Waals surface area contributed by atoms with Crippen molar-refractivity contribution in [3.05, 3.63) is 89.7 Å². The van der Waals surface area contributed by atoms with Crippen LogP contribution in [0.15, 0.2) is 73.1 Å². The number of aromatic nitrogens is 2. The minimum Gasteiger partial charge on any atom is -0.368 e. The fourth-order valence-electron chi connectivity index (χ4n) is 2.52. The highest BCUT2D eigenvalue weighted by molar-refractivity contribution is 5.97. The number of benzene rings is 2. The van der Waals surface area contributed by atoms with Gasteiger partial charge in [-0.2, -0.15) is 5.10 Å². The van der Waals surface area contributed by atoms with E-state index in [0.717, 1.165) is 5.56 Å². The van der Waals surface area contributed by atoms with E-state index in [0.29, 0.717) is 17.7 Å². The molecule has 6 heteroatoms. The minimum atomic E-state index is -0.883. The van der Waals surface area contributed by atoms with Crippen LogP contribution < -0.4 is 11.1 Å². The van der Waals surface area contributed by atoms with Crippen molar-refractivity contribution in [3.8, 4) is 0 Å². The maximum absolute atomic E-state index is 12.4. The molecular weight excluding hydrogens is 316 g/mol. The average molecular weight is 334 g/mol. The number of amides is 2. The lowest BCUT2D eigenvalue weighted by atomic mass is 10.1. The van der Waals surface area contributed by atoms with E-state index in [9.17, 15) is 9.59 Å². The molecule has 126 valence electrons. The Morgan fingerprint density at radius 3 is 2.32 bits per heavy atom. The zero-order chi connectivity index (χ0) is 17.6. The lowest BCUT2D eigenvalue weighted by molar-refractivity contribution is -0.120. The SMILES string of the molecule is NC(=O)[C@H](NC(=O)c1cnn(Cc2ccccc2)c1)c1ccccc1. The van der Waals surface area contributed by atoms with Gasteiger partial charge < -0.3 is 11.1 Å². The summed E-state index contributed by atoms with van der Waals surface area (Å²) in [7, 11) is 0. The fourth-order valence-corrected chi connectivity index (χ4v) is 2.52. The molecule has 0 aliphatic heterocycles. The van der Waals surface area contributed by atoms with Crippen molar-refractivity contribution in [2.24, 2.45) is 5.73 Å². The van der Waals surface area contributed by atoms with Crippen molar-refractivity contribution >= 4 is 11.8 Å². The lowest BCUT2D eigenvalue weighted by Gasteiger charge is -2.15.